The number of benzene rings is 2. The van der Waals surface area contributed by atoms with Gasteiger partial charge in [-0.3, -0.25) is 19.8 Å². The van der Waals surface area contributed by atoms with Gasteiger partial charge in [-0.2, -0.15) is 0 Å². The lowest BCUT2D eigenvalue weighted by atomic mass is 10.2. The molecule has 0 aliphatic carbocycles. The molecule has 1 amide bonds. The molecule has 1 saturated heterocycles. The minimum Gasteiger partial charge on any atom is -0.317 e. The number of aromatic nitrogens is 1. The number of nitro benzene ring substituents is 1. The fraction of sp³-hybridized carbons (Fsp3) is 0. The zero-order chi connectivity index (χ0) is 19.7. The molecule has 0 spiro atoms. The first-order valence-corrected chi connectivity index (χ1v) is 9.52. The van der Waals surface area contributed by atoms with Crippen LogP contribution in [0.3, 0.4) is 0 Å². The molecule has 2 aromatic carbocycles. The van der Waals surface area contributed by atoms with Crippen LogP contribution in [0.15, 0.2) is 77.8 Å². The van der Waals surface area contributed by atoms with Crippen LogP contribution in [0.25, 0.3) is 11.8 Å². The summed E-state index contributed by atoms with van der Waals surface area (Å²) in [7, 11) is 0. The molecule has 8 heteroatoms. The van der Waals surface area contributed by atoms with Crippen molar-refractivity contribution in [2.24, 2.45) is 0 Å². The Balaban J connectivity index is 1.66. The molecule has 0 saturated carbocycles. The van der Waals surface area contributed by atoms with Crippen molar-refractivity contribution < 1.29 is 9.72 Å². The fourth-order valence-electron chi connectivity index (χ4n) is 2.88. The van der Waals surface area contributed by atoms with Gasteiger partial charge in [-0.15, -0.1) is 0 Å². The van der Waals surface area contributed by atoms with Crippen molar-refractivity contribution >= 4 is 51.7 Å². The van der Waals surface area contributed by atoms with Gasteiger partial charge in [0.15, 0.2) is 4.32 Å². The van der Waals surface area contributed by atoms with Crippen LogP contribution in [0.4, 0.5) is 11.4 Å². The monoisotopic (exact) mass is 407 g/mol. The highest BCUT2D eigenvalue weighted by molar-refractivity contribution is 8.27. The van der Waals surface area contributed by atoms with Gasteiger partial charge in [0.2, 0.25) is 0 Å². The number of anilines is 1. The van der Waals surface area contributed by atoms with E-state index < -0.39 is 4.92 Å². The molecule has 1 aliphatic heterocycles. The van der Waals surface area contributed by atoms with Gasteiger partial charge < -0.3 is 4.57 Å². The summed E-state index contributed by atoms with van der Waals surface area (Å²) in [6, 6.07) is 19.3. The van der Waals surface area contributed by atoms with Gasteiger partial charge in [-0.25, -0.2) is 0 Å². The molecule has 1 aromatic heterocycles. The van der Waals surface area contributed by atoms with E-state index in [1.807, 2.05) is 53.2 Å². The van der Waals surface area contributed by atoms with E-state index in [0.717, 1.165) is 17.1 Å². The van der Waals surface area contributed by atoms with E-state index in [9.17, 15) is 14.9 Å². The summed E-state index contributed by atoms with van der Waals surface area (Å²) in [5, 5.41) is 10.8. The molecular formula is C20H13N3O3S2. The molecule has 1 fully saturated rings. The molecule has 3 aromatic rings. The van der Waals surface area contributed by atoms with Crippen LogP contribution >= 0.6 is 24.0 Å². The van der Waals surface area contributed by atoms with E-state index in [1.165, 1.54) is 28.8 Å². The van der Waals surface area contributed by atoms with Gasteiger partial charge in [0.1, 0.15) is 0 Å². The number of carbonyl (C=O) groups excluding carboxylic acids is 1. The van der Waals surface area contributed by atoms with E-state index in [-0.39, 0.29) is 11.6 Å². The van der Waals surface area contributed by atoms with Gasteiger partial charge in [-0.05, 0) is 42.5 Å². The SMILES string of the molecule is O=C1/C(=C\c2cccn2-c2ccc([N+](=O)[O-])cc2)SC(=S)N1c1ccccc1. The van der Waals surface area contributed by atoms with Crippen LogP contribution in [-0.4, -0.2) is 19.7 Å². The number of rotatable bonds is 4. The number of hydrogen-bond donors (Lipinski definition) is 0. The van der Waals surface area contributed by atoms with Crippen molar-refractivity contribution in [3.63, 3.8) is 0 Å². The Morgan fingerprint density at radius 2 is 1.68 bits per heavy atom. The summed E-state index contributed by atoms with van der Waals surface area (Å²) in [6.07, 6.45) is 3.62. The summed E-state index contributed by atoms with van der Waals surface area (Å²) in [4.78, 5) is 25.3. The number of para-hydroxylation sites is 1. The van der Waals surface area contributed by atoms with Gasteiger partial charge >= 0.3 is 0 Å². The van der Waals surface area contributed by atoms with Crippen molar-refractivity contribution in [2.75, 3.05) is 4.90 Å². The third kappa shape index (κ3) is 3.35. The number of hydrogen-bond acceptors (Lipinski definition) is 5. The first kappa shape index (κ1) is 18.1. The zero-order valence-electron chi connectivity index (χ0n) is 14.4. The Morgan fingerprint density at radius 3 is 2.36 bits per heavy atom. The van der Waals surface area contributed by atoms with Crippen LogP contribution in [0.1, 0.15) is 5.69 Å². The topological polar surface area (TPSA) is 68.4 Å². The third-order valence-electron chi connectivity index (χ3n) is 4.21. The molecule has 1 aliphatic rings. The van der Waals surface area contributed by atoms with Crippen LogP contribution in [0.5, 0.6) is 0 Å². The lowest BCUT2D eigenvalue weighted by Gasteiger charge is -2.13. The fourth-order valence-corrected chi connectivity index (χ4v) is 4.17. The maximum Gasteiger partial charge on any atom is 0.270 e. The minimum absolute atomic E-state index is 0.0289. The Morgan fingerprint density at radius 1 is 0.964 bits per heavy atom. The number of carbonyl (C=O) groups is 1. The Labute approximate surface area is 170 Å². The van der Waals surface area contributed by atoms with Gasteiger partial charge in [-0.1, -0.05) is 42.2 Å². The highest BCUT2D eigenvalue weighted by Crippen LogP contribution is 2.36. The number of thioether (sulfide) groups is 1. The number of thiocarbonyl (C=S) groups is 1. The first-order chi connectivity index (χ1) is 13.5. The number of amides is 1. The quantitative estimate of drug-likeness (QED) is 0.269. The van der Waals surface area contributed by atoms with Crippen molar-refractivity contribution in [1.29, 1.82) is 0 Å². The van der Waals surface area contributed by atoms with E-state index in [2.05, 4.69) is 0 Å². The molecule has 0 N–H and O–H groups in total. The molecule has 0 radical (unpaired) electrons. The van der Waals surface area contributed by atoms with Crippen LogP contribution in [0.2, 0.25) is 0 Å². The summed E-state index contributed by atoms with van der Waals surface area (Å²) < 4.78 is 2.34. The molecule has 28 heavy (non-hydrogen) atoms. The van der Waals surface area contributed by atoms with E-state index in [1.54, 1.807) is 18.2 Å². The van der Waals surface area contributed by atoms with Crippen molar-refractivity contribution in [1.82, 2.24) is 4.57 Å². The molecule has 0 bridgehead atoms. The minimum atomic E-state index is -0.435. The summed E-state index contributed by atoms with van der Waals surface area (Å²) in [5.41, 5.74) is 2.31. The second kappa shape index (κ2) is 7.41. The Kier molecular flexibility index (Phi) is 4.81. The Hall–Kier alpha value is -3.23. The Bertz CT molecular complexity index is 1110. The molecule has 6 nitrogen and oxygen atoms in total. The van der Waals surface area contributed by atoms with Crippen LogP contribution in [-0.2, 0) is 4.79 Å². The van der Waals surface area contributed by atoms with E-state index >= 15 is 0 Å². The van der Waals surface area contributed by atoms with Crippen molar-refractivity contribution in [3.05, 3.63) is 93.6 Å². The molecule has 0 unspecified atom stereocenters. The maximum absolute atomic E-state index is 12.9. The second-order valence-corrected chi connectivity index (χ2v) is 7.60. The summed E-state index contributed by atoms with van der Waals surface area (Å²) >= 11 is 6.65. The molecular weight excluding hydrogens is 394 g/mol. The third-order valence-corrected chi connectivity index (χ3v) is 5.51. The van der Waals surface area contributed by atoms with Crippen LogP contribution < -0.4 is 4.90 Å². The number of non-ortho nitro benzene ring substituents is 1. The predicted octanol–water partition coefficient (Wildman–Crippen LogP) is 4.79. The molecule has 138 valence electrons. The molecule has 0 atom stereocenters. The number of nitrogens with zero attached hydrogens (tertiary/aromatic N) is 3. The largest absolute Gasteiger partial charge is 0.317 e. The molecule has 2 heterocycles. The maximum atomic E-state index is 12.9. The normalized spacial score (nSPS) is 15.4. The van der Waals surface area contributed by atoms with E-state index in [0.29, 0.717) is 9.23 Å². The van der Waals surface area contributed by atoms with Crippen molar-refractivity contribution in [2.45, 2.75) is 0 Å². The smallest absolute Gasteiger partial charge is 0.270 e. The van der Waals surface area contributed by atoms with Crippen molar-refractivity contribution in [3.8, 4) is 5.69 Å². The first-order valence-electron chi connectivity index (χ1n) is 8.30. The number of nitro groups is 1. The standard InChI is InChI=1S/C20H13N3O3S2/c24-19-18(28-20(27)22(19)15-5-2-1-3-6-15)13-17-7-4-12-21(17)14-8-10-16(11-9-14)23(25)26/h1-13H/b18-13+. The summed E-state index contributed by atoms with van der Waals surface area (Å²) in [5.74, 6) is -0.169. The second-order valence-electron chi connectivity index (χ2n) is 5.93. The highest BCUT2D eigenvalue weighted by Gasteiger charge is 2.33. The lowest BCUT2D eigenvalue weighted by molar-refractivity contribution is -0.384. The zero-order valence-corrected chi connectivity index (χ0v) is 16.0. The van der Waals surface area contributed by atoms with Gasteiger partial charge in [0.25, 0.3) is 11.6 Å². The lowest BCUT2D eigenvalue weighted by Crippen LogP contribution is -2.27. The average Bonchev–Trinajstić information content (AvgIpc) is 3.27. The highest BCUT2D eigenvalue weighted by atomic mass is 32.2. The van der Waals surface area contributed by atoms with Gasteiger partial charge in [0, 0.05) is 29.7 Å². The molecule has 4 rings (SSSR count). The van der Waals surface area contributed by atoms with Crippen LogP contribution in [0, 0.1) is 10.1 Å². The summed E-state index contributed by atoms with van der Waals surface area (Å²) in [6.45, 7) is 0. The van der Waals surface area contributed by atoms with E-state index in [4.69, 9.17) is 12.2 Å². The predicted molar refractivity (Wildman–Crippen MR) is 115 cm³/mol. The van der Waals surface area contributed by atoms with Gasteiger partial charge in [0.05, 0.1) is 15.5 Å². The average molecular weight is 407 g/mol.